The Hall–Kier alpha value is -2.83. The van der Waals surface area contributed by atoms with Gasteiger partial charge in [-0.05, 0) is 53.5 Å². The number of fused-ring (bicyclic) bond motifs is 1. The summed E-state index contributed by atoms with van der Waals surface area (Å²) in [5.74, 6) is -0.188. The minimum atomic E-state index is -0.457. The van der Waals surface area contributed by atoms with Crippen LogP contribution in [0.5, 0.6) is 5.75 Å². The lowest BCUT2D eigenvalue weighted by Gasteiger charge is -2.09. The number of hydrogen-bond donors (Lipinski definition) is 0. The normalized spacial score (nSPS) is 10.8. The number of aromatic nitrogens is 2. The first-order chi connectivity index (χ1) is 15.8. The molecule has 0 fully saturated rings. The molecular weight excluding hydrogens is 506 g/mol. The van der Waals surface area contributed by atoms with Crippen molar-refractivity contribution in [3.8, 4) is 11.8 Å². The number of carbonyl (C=O) groups excluding carboxylic acids is 2. The van der Waals surface area contributed by atoms with Crippen molar-refractivity contribution in [2.75, 3.05) is 6.61 Å². The Bertz CT molecular complexity index is 1260. The summed E-state index contributed by atoms with van der Waals surface area (Å²) in [6.45, 7) is 5.38. The highest BCUT2D eigenvalue weighted by molar-refractivity contribution is 9.10. The molecule has 7 nitrogen and oxygen atoms in total. The van der Waals surface area contributed by atoms with E-state index in [4.69, 9.17) is 9.47 Å². The van der Waals surface area contributed by atoms with E-state index in [0.717, 1.165) is 29.7 Å². The maximum Gasteiger partial charge on any atom is 0.340 e. The molecule has 0 saturated heterocycles. The van der Waals surface area contributed by atoms with Crippen LogP contribution in [0.4, 0.5) is 0 Å². The Balaban J connectivity index is 2.10. The first kappa shape index (κ1) is 24.8. The van der Waals surface area contributed by atoms with Crippen molar-refractivity contribution in [3.63, 3.8) is 0 Å². The zero-order valence-corrected chi connectivity index (χ0v) is 21.3. The molecule has 0 atom stereocenters. The maximum absolute atomic E-state index is 13.0. The summed E-state index contributed by atoms with van der Waals surface area (Å²) >= 11 is 4.84. The van der Waals surface area contributed by atoms with Gasteiger partial charge in [-0.25, -0.2) is 9.78 Å². The number of rotatable bonds is 8. The monoisotopic (exact) mass is 529 g/mol. The number of halogens is 1. The number of esters is 2. The van der Waals surface area contributed by atoms with Crippen LogP contribution in [0.25, 0.3) is 10.9 Å². The van der Waals surface area contributed by atoms with E-state index in [1.165, 1.54) is 18.7 Å². The standard InChI is InChI=1S/C24H24BrN3O4S/c1-5-7-16-9-8-15(12-26)23(27-16)33-13-20-22(24(30)31-6-2)17-10-21(32-14(3)29)18(25)11-19(17)28(20)4/h8-11H,5-7,13H2,1-4H3. The van der Waals surface area contributed by atoms with Crippen LogP contribution in [0.1, 0.15) is 54.5 Å². The molecule has 1 aromatic carbocycles. The second-order valence-electron chi connectivity index (χ2n) is 7.30. The molecule has 3 aromatic rings. The van der Waals surface area contributed by atoms with Crippen LogP contribution in [0.3, 0.4) is 0 Å². The predicted octanol–water partition coefficient (Wildman–Crippen LogP) is 5.55. The van der Waals surface area contributed by atoms with Gasteiger partial charge in [-0.15, -0.1) is 0 Å². The molecule has 0 spiro atoms. The molecule has 0 radical (unpaired) electrons. The smallest absolute Gasteiger partial charge is 0.340 e. The maximum atomic E-state index is 13.0. The second-order valence-corrected chi connectivity index (χ2v) is 9.12. The quantitative estimate of drug-likeness (QED) is 0.214. The van der Waals surface area contributed by atoms with Crippen molar-refractivity contribution >= 4 is 50.5 Å². The summed E-state index contributed by atoms with van der Waals surface area (Å²) in [4.78, 5) is 29.1. The van der Waals surface area contributed by atoms with Gasteiger partial charge in [0.25, 0.3) is 0 Å². The van der Waals surface area contributed by atoms with Gasteiger partial charge >= 0.3 is 11.9 Å². The van der Waals surface area contributed by atoms with E-state index in [1.807, 2.05) is 23.7 Å². The van der Waals surface area contributed by atoms with Gasteiger partial charge in [0, 0.05) is 36.5 Å². The Labute approximate surface area is 205 Å². The number of nitrogens with zero attached hydrogens (tertiary/aromatic N) is 3. The second kappa shape index (κ2) is 10.9. The molecule has 0 unspecified atom stereocenters. The Kier molecular flexibility index (Phi) is 8.16. The summed E-state index contributed by atoms with van der Waals surface area (Å²) in [6.07, 6.45) is 1.78. The Morgan fingerprint density at radius 2 is 2.03 bits per heavy atom. The highest BCUT2D eigenvalue weighted by Gasteiger charge is 2.24. The number of hydrogen-bond acceptors (Lipinski definition) is 7. The fourth-order valence-corrected chi connectivity index (χ4v) is 5.00. The number of nitriles is 1. The highest BCUT2D eigenvalue weighted by atomic mass is 79.9. The van der Waals surface area contributed by atoms with E-state index >= 15 is 0 Å². The molecule has 3 rings (SSSR count). The van der Waals surface area contributed by atoms with Crippen molar-refractivity contribution < 1.29 is 19.1 Å². The van der Waals surface area contributed by atoms with Crippen LogP contribution < -0.4 is 4.74 Å². The Morgan fingerprint density at radius 1 is 1.27 bits per heavy atom. The SMILES string of the molecule is CCCc1ccc(C#N)c(SCc2c(C(=O)OCC)c3cc(OC(C)=O)c(Br)cc3n2C)n1. The summed E-state index contributed by atoms with van der Waals surface area (Å²) in [5, 5.41) is 10.8. The third-order valence-electron chi connectivity index (χ3n) is 5.00. The highest BCUT2D eigenvalue weighted by Crippen LogP contribution is 2.37. The van der Waals surface area contributed by atoms with Crippen LogP contribution in [0, 0.1) is 11.3 Å². The van der Waals surface area contributed by atoms with Crippen LogP contribution >= 0.6 is 27.7 Å². The lowest BCUT2D eigenvalue weighted by molar-refractivity contribution is -0.131. The van der Waals surface area contributed by atoms with Crippen molar-refractivity contribution in [1.82, 2.24) is 9.55 Å². The molecule has 0 amide bonds. The van der Waals surface area contributed by atoms with Gasteiger partial charge in [0.15, 0.2) is 0 Å². The summed E-state index contributed by atoms with van der Waals surface area (Å²) in [5.41, 5.74) is 3.34. The lowest BCUT2D eigenvalue weighted by Crippen LogP contribution is -2.08. The van der Waals surface area contributed by atoms with Gasteiger partial charge in [0.2, 0.25) is 0 Å². The summed E-state index contributed by atoms with van der Waals surface area (Å²) in [7, 11) is 1.87. The molecule has 0 N–H and O–H groups in total. The van der Waals surface area contributed by atoms with Gasteiger partial charge < -0.3 is 14.0 Å². The number of carbonyl (C=O) groups is 2. The van der Waals surface area contributed by atoms with Gasteiger partial charge in [0.05, 0.1) is 27.7 Å². The zero-order valence-electron chi connectivity index (χ0n) is 18.9. The number of thioether (sulfide) groups is 1. The fourth-order valence-electron chi connectivity index (χ4n) is 3.53. The van der Waals surface area contributed by atoms with Crippen LogP contribution in [0.15, 0.2) is 33.8 Å². The molecule has 0 aliphatic rings. The van der Waals surface area contributed by atoms with Crippen LogP contribution in [0.2, 0.25) is 0 Å². The van der Waals surface area contributed by atoms with Gasteiger partial charge in [0.1, 0.15) is 16.8 Å². The predicted molar refractivity (Wildman–Crippen MR) is 130 cm³/mol. The molecule has 33 heavy (non-hydrogen) atoms. The van der Waals surface area contributed by atoms with Gasteiger partial charge in [-0.1, -0.05) is 25.1 Å². The fraction of sp³-hybridized carbons (Fsp3) is 0.333. The summed E-state index contributed by atoms with van der Waals surface area (Å²) < 4.78 is 13.1. The molecule has 0 saturated carbocycles. The molecule has 0 aliphatic carbocycles. The third kappa shape index (κ3) is 5.40. The number of aryl methyl sites for hydroxylation is 2. The summed E-state index contributed by atoms with van der Waals surface area (Å²) in [6, 6.07) is 9.34. The average molecular weight is 530 g/mol. The average Bonchev–Trinajstić information content (AvgIpc) is 3.03. The van der Waals surface area contributed by atoms with Crippen molar-refractivity contribution in [1.29, 1.82) is 5.26 Å². The van der Waals surface area contributed by atoms with Gasteiger partial charge in [-0.3, -0.25) is 4.79 Å². The van der Waals surface area contributed by atoms with Gasteiger partial charge in [-0.2, -0.15) is 5.26 Å². The topological polar surface area (TPSA) is 94.2 Å². The molecule has 2 aromatic heterocycles. The lowest BCUT2D eigenvalue weighted by atomic mass is 10.1. The van der Waals surface area contributed by atoms with Crippen molar-refractivity contribution in [2.24, 2.45) is 7.05 Å². The largest absolute Gasteiger partial charge is 0.462 e. The minimum absolute atomic E-state index is 0.230. The number of ether oxygens (including phenoxy) is 2. The Morgan fingerprint density at radius 3 is 2.67 bits per heavy atom. The molecule has 2 heterocycles. The number of pyridine rings is 1. The van der Waals surface area contributed by atoms with Crippen molar-refractivity contribution in [2.45, 2.75) is 44.4 Å². The molecule has 0 bridgehead atoms. The molecule has 9 heteroatoms. The van der Waals surface area contributed by atoms with E-state index in [9.17, 15) is 14.9 Å². The van der Waals surface area contributed by atoms with E-state index in [1.54, 1.807) is 19.1 Å². The zero-order chi connectivity index (χ0) is 24.1. The van der Waals surface area contributed by atoms with Crippen LogP contribution in [-0.2, 0) is 28.8 Å². The molecular formula is C24H24BrN3O4S. The van der Waals surface area contributed by atoms with E-state index in [2.05, 4.69) is 33.9 Å². The third-order valence-corrected chi connectivity index (χ3v) is 6.62. The first-order valence-corrected chi connectivity index (χ1v) is 12.3. The van der Waals surface area contributed by atoms with Crippen molar-refractivity contribution in [3.05, 3.63) is 51.3 Å². The van der Waals surface area contributed by atoms with Crippen LogP contribution in [-0.4, -0.2) is 28.1 Å². The molecule has 172 valence electrons. The van der Waals surface area contributed by atoms with E-state index < -0.39 is 11.9 Å². The minimum Gasteiger partial charge on any atom is -0.462 e. The first-order valence-electron chi connectivity index (χ1n) is 10.5. The molecule has 0 aliphatic heterocycles. The number of benzene rings is 1. The van der Waals surface area contributed by atoms with E-state index in [-0.39, 0.29) is 6.61 Å². The van der Waals surface area contributed by atoms with E-state index in [0.29, 0.717) is 37.5 Å².